The highest BCUT2D eigenvalue weighted by molar-refractivity contribution is 6.00. The summed E-state index contributed by atoms with van der Waals surface area (Å²) in [4.78, 5) is 42.1. The molecular weight excluding hydrogens is 599 g/mol. The Labute approximate surface area is 256 Å². The molecule has 2 saturated heterocycles. The fraction of sp³-hybridized carbons (Fsp3) is 0.517. The molecule has 0 N–H and O–H groups in total. The highest BCUT2D eigenvalue weighted by Crippen LogP contribution is 2.37. The van der Waals surface area contributed by atoms with E-state index in [9.17, 15) is 27.6 Å². The van der Waals surface area contributed by atoms with Gasteiger partial charge in [-0.25, -0.2) is 9.59 Å². The van der Waals surface area contributed by atoms with Crippen LogP contribution in [0.2, 0.25) is 0 Å². The third-order valence-corrected chi connectivity index (χ3v) is 8.41. The number of benzene rings is 1. The molecule has 1 amide bonds. The number of nitrogens with zero attached hydrogens (tertiary/aromatic N) is 7. The van der Waals surface area contributed by atoms with Crippen LogP contribution in [0, 0.1) is 0 Å². The van der Waals surface area contributed by atoms with Crippen LogP contribution in [0.15, 0.2) is 41.5 Å². The number of likely N-dealkylation sites (tertiary alicyclic amines) is 1. The largest absolute Gasteiger partial charge is 0.492 e. The number of carbonyl (C=O) groups is 3. The number of piperazine rings is 1. The van der Waals surface area contributed by atoms with Crippen molar-refractivity contribution in [3.8, 4) is 5.75 Å². The van der Waals surface area contributed by atoms with Crippen LogP contribution in [0.3, 0.4) is 0 Å². The van der Waals surface area contributed by atoms with Crippen LogP contribution in [0.4, 0.5) is 13.2 Å². The number of piperidine rings is 1. The van der Waals surface area contributed by atoms with Crippen molar-refractivity contribution in [1.29, 1.82) is 0 Å². The lowest BCUT2D eigenvalue weighted by Crippen LogP contribution is -2.58. The van der Waals surface area contributed by atoms with E-state index >= 15 is 0 Å². The predicted octanol–water partition coefficient (Wildman–Crippen LogP) is 1.79. The number of esters is 2. The molecule has 2 fully saturated rings. The van der Waals surface area contributed by atoms with Gasteiger partial charge in [-0.2, -0.15) is 17.8 Å². The normalized spacial score (nSPS) is 20.8. The van der Waals surface area contributed by atoms with Crippen LogP contribution in [0.1, 0.15) is 42.9 Å². The number of ether oxygens (including phenoxy) is 3. The number of alkyl halides is 3. The molecule has 13 nitrogen and oxygen atoms in total. The lowest BCUT2D eigenvalue weighted by Gasteiger charge is -2.42. The number of aromatic nitrogens is 3. The van der Waals surface area contributed by atoms with Crippen molar-refractivity contribution in [3.05, 3.63) is 53.6 Å². The first-order valence-corrected chi connectivity index (χ1v) is 14.7. The maximum Gasteiger partial charge on any atom is 0.453 e. The summed E-state index contributed by atoms with van der Waals surface area (Å²) in [5.41, 5.74) is 1.08. The summed E-state index contributed by atoms with van der Waals surface area (Å²) in [5, 5.41) is 11.0. The minimum atomic E-state index is -4.84. The van der Waals surface area contributed by atoms with Gasteiger partial charge in [0.25, 0.3) is 5.82 Å². The van der Waals surface area contributed by atoms with Gasteiger partial charge < -0.3 is 24.0 Å². The third kappa shape index (κ3) is 6.50. The molecule has 0 atom stereocenters. The van der Waals surface area contributed by atoms with Crippen molar-refractivity contribution in [2.75, 3.05) is 52.4 Å². The molecule has 4 aliphatic rings. The van der Waals surface area contributed by atoms with E-state index < -0.39 is 36.1 Å². The topological polar surface area (TPSA) is 132 Å². The third-order valence-electron chi connectivity index (χ3n) is 8.41. The van der Waals surface area contributed by atoms with E-state index in [0.717, 1.165) is 56.2 Å². The second kappa shape index (κ2) is 12.1. The Morgan fingerprint density at radius 1 is 0.978 bits per heavy atom. The van der Waals surface area contributed by atoms with E-state index in [-0.39, 0.29) is 23.5 Å². The number of halogens is 3. The number of rotatable bonds is 5. The van der Waals surface area contributed by atoms with Crippen molar-refractivity contribution < 1.29 is 41.8 Å². The Hall–Kier alpha value is -4.47. The molecule has 1 aromatic heterocycles. The van der Waals surface area contributed by atoms with Gasteiger partial charge in [0.2, 0.25) is 11.7 Å². The van der Waals surface area contributed by atoms with Crippen LogP contribution in [-0.4, -0.2) is 111 Å². The number of carbonyl (C=O) groups excluding carboxylic acids is 3. The van der Waals surface area contributed by atoms with Gasteiger partial charge in [-0.05, 0) is 36.5 Å². The number of amides is 1. The Balaban J connectivity index is 1.10. The average Bonchev–Trinajstić information content (AvgIpc) is 3.37. The Morgan fingerprint density at radius 2 is 1.62 bits per heavy atom. The Kier molecular flexibility index (Phi) is 8.24. The molecule has 0 aliphatic carbocycles. The molecule has 2 aromatic rings. The van der Waals surface area contributed by atoms with Crippen LogP contribution in [0.5, 0.6) is 5.75 Å². The fourth-order valence-corrected chi connectivity index (χ4v) is 6.02. The molecule has 0 bridgehead atoms. The minimum absolute atomic E-state index is 0.0988. The summed E-state index contributed by atoms with van der Waals surface area (Å²) in [6.07, 6.45) is -2.30. The van der Waals surface area contributed by atoms with Crippen molar-refractivity contribution in [1.82, 2.24) is 29.6 Å². The van der Waals surface area contributed by atoms with Crippen LogP contribution in [0.25, 0.3) is 0 Å². The standard InChI is InChI=1S/C29H32F3N7O6/c1-19(40)37-14-12-36(13-15-37)16-17-43-22-4-2-20(3-5-22)21-8-10-38(11-9-21)26-28(44-24(41)6-7-25(42)45-28)18-23-33-34-27(29(30,31)32)39(23)35-26/h2-7,21H,8-18H2,1H3. The summed E-state index contributed by atoms with van der Waals surface area (Å²) < 4.78 is 58.5. The van der Waals surface area contributed by atoms with E-state index in [0.29, 0.717) is 37.2 Å². The lowest BCUT2D eigenvalue weighted by molar-refractivity contribution is -0.199. The summed E-state index contributed by atoms with van der Waals surface area (Å²) >= 11 is 0. The van der Waals surface area contributed by atoms with Gasteiger partial charge in [0, 0.05) is 64.9 Å². The molecule has 1 aromatic carbocycles. The van der Waals surface area contributed by atoms with Gasteiger partial charge in [0.1, 0.15) is 12.4 Å². The fourth-order valence-electron chi connectivity index (χ4n) is 6.02. The molecule has 1 spiro atoms. The molecule has 0 radical (unpaired) electrons. The summed E-state index contributed by atoms with van der Waals surface area (Å²) in [6.45, 7) is 6.66. The second-order valence-corrected chi connectivity index (χ2v) is 11.3. The number of hydrogen-bond donors (Lipinski definition) is 0. The molecular formula is C29H32F3N7O6. The Morgan fingerprint density at radius 3 is 2.22 bits per heavy atom. The predicted molar refractivity (Wildman–Crippen MR) is 150 cm³/mol. The molecule has 5 heterocycles. The van der Waals surface area contributed by atoms with Crippen molar-refractivity contribution >= 4 is 23.7 Å². The highest BCUT2D eigenvalue weighted by Gasteiger charge is 2.53. The summed E-state index contributed by atoms with van der Waals surface area (Å²) in [5.74, 6) is -4.62. The minimum Gasteiger partial charge on any atom is -0.492 e. The second-order valence-electron chi connectivity index (χ2n) is 11.3. The van der Waals surface area contributed by atoms with Gasteiger partial charge >= 0.3 is 23.9 Å². The zero-order valence-corrected chi connectivity index (χ0v) is 24.5. The van der Waals surface area contributed by atoms with Crippen LogP contribution < -0.4 is 4.74 Å². The molecule has 16 heteroatoms. The van der Waals surface area contributed by atoms with Gasteiger partial charge in [-0.1, -0.05) is 12.1 Å². The van der Waals surface area contributed by atoms with Crippen molar-refractivity contribution in [2.45, 2.75) is 44.1 Å². The monoisotopic (exact) mass is 631 g/mol. The van der Waals surface area contributed by atoms with E-state index in [4.69, 9.17) is 14.2 Å². The SMILES string of the molecule is CC(=O)N1CCN(CCOc2ccc(C3CCN(C4=Nn5c(nnc5C(F)(F)F)CC45OC(=O)C=CC(=O)O5)CC3)cc2)CC1. The zero-order chi connectivity index (χ0) is 31.8. The summed E-state index contributed by atoms with van der Waals surface area (Å²) in [7, 11) is 0. The Bertz CT molecular complexity index is 1490. The van der Waals surface area contributed by atoms with E-state index in [1.807, 2.05) is 29.2 Å². The van der Waals surface area contributed by atoms with E-state index in [1.165, 1.54) is 0 Å². The molecule has 240 valence electrons. The van der Waals surface area contributed by atoms with Gasteiger partial charge in [0.05, 0.1) is 6.42 Å². The average molecular weight is 632 g/mol. The van der Waals surface area contributed by atoms with E-state index in [2.05, 4.69) is 20.2 Å². The maximum atomic E-state index is 13.6. The quantitative estimate of drug-likeness (QED) is 0.450. The van der Waals surface area contributed by atoms with Crippen LogP contribution in [-0.2, 0) is 36.5 Å². The first kappa shape index (κ1) is 30.6. The highest BCUT2D eigenvalue weighted by atomic mass is 19.4. The van der Waals surface area contributed by atoms with Crippen molar-refractivity contribution in [3.63, 3.8) is 0 Å². The van der Waals surface area contributed by atoms with Gasteiger partial charge in [0.15, 0.2) is 5.82 Å². The number of fused-ring (bicyclic) bond motifs is 1. The molecule has 0 saturated carbocycles. The summed E-state index contributed by atoms with van der Waals surface area (Å²) in [6, 6.07) is 7.83. The molecule has 6 rings (SSSR count). The number of hydrogen-bond acceptors (Lipinski definition) is 11. The van der Waals surface area contributed by atoms with Gasteiger partial charge in [-0.15, -0.1) is 15.3 Å². The van der Waals surface area contributed by atoms with Gasteiger partial charge in [-0.3, -0.25) is 9.69 Å². The van der Waals surface area contributed by atoms with Crippen molar-refractivity contribution in [2.24, 2.45) is 5.10 Å². The van der Waals surface area contributed by atoms with Crippen LogP contribution >= 0.6 is 0 Å². The maximum absolute atomic E-state index is 13.6. The molecule has 0 unspecified atom stereocenters. The molecule has 45 heavy (non-hydrogen) atoms. The molecule has 4 aliphatic heterocycles. The lowest BCUT2D eigenvalue weighted by atomic mass is 9.89. The smallest absolute Gasteiger partial charge is 0.453 e. The first-order chi connectivity index (χ1) is 21.5. The van der Waals surface area contributed by atoms with E-state index in [1.54, 1.807) is 11.8 Å². The first-order valence-electron chi connectivity index (χ1n) is 14.7. The zero-order valence-electron chi connectivity index (χ0n) is 24.5. The number of amidine groups is 1.